The second-order valence-corrected chi connectivity index (χ2v) is 12.2. The Labute approximate surface area is 277 Å². The van der Waals surface area contributed by atoms with Crippen LogP contribution in [-0.2, 0) is 0 Å². The second kappa shape index (κ2) is 12.2. The lowest BCUT2D eigenvalue weighted by atomic mass is 9.85. The van der Waals surface area contributed by atoms with E-state index in [1.807, 2.05) is 12.2 Å². The lowest BCUT2D eigenvalue weighted by molar-refractivity contribution is 1.16. The van der Waals surface area contributed by atoms with Crippen molar-refractivity contribution in [3.63, 3.8) is 0 Å². The first-order valence-electron chi connectivity index (χ1n) is 15.0. The van der Waals surface area contributed by atoms with Gasteiger partial charge < -0.3 is 0 Å². The number of imidazole rings is 1. The molecule has 0 amide bonds. The third kappa shape index (κ3) is 5.34. The molecule has 0 aliphatic carbocycles. The third-order valence-electron chi connectivity index (χ3n) is 8.40. The summed E-state index contributed by atoms with van der Waals surface area (Å²) in [4.78, 5) is 4.76. The zero-order chi connectivity index (χ0) is 30.9. The van der Waals surface area contributed by atoms with Crippen LogP contribution >= 0.6 is 22.6 Å². The van der Waals surface area contributed by atoms with Crippen LogP contribution in [0.4, 0.5) is 0 Å². The Balaban J connectivity index is 1.28. The highest BCUT2D eigenvalue weighted by Gasteiger charge is 2.16. The average molecular weight is 691 g/mol. The molecule has 3 heteroatoms. The zero-order valence-electron chi connectivity index (χ0n) is 25.0. The minimum atomic E-state index is 0.922. The van der Waals surface area contributed by atoms with E-state index in [-0.39, 0.29) is 0 Å². The van der Waals surface area contributed by atoms with E-state index in [4.69, 9.17) is 4.98 Å². The molecule has 0 fully saturated rings. The van der Waals surface area contributed by atoms with Gasteiger partial charge in [-0.1, -0.05) is 128 Å². The Bertz CT molecular complexity index is 2330. The van der Waals surface area contributed by atoms with E-state index >= 15 is 0 Å². The number of aromatic nitrogens is 2. The van der Waals surface area contributed by atoms with Crippen LogP contribution in [0.2, 0.25) is 0 Å². The van der Waals surface area contributed by atoms with Crippen molar-refractivity contribution in [2.75, 3.05) is 0 Å². The van der Waals surface area contributed by atoms with Gasteiger partial charge in [0.15, 0.2) is 0 Å². The predicted octanol–water partition coefficient (Wildman–Crippen LogP) is 11.9. The molecule has 0 N–H and O–H groups in total. The molecule has 0 aliphatic rings. The maximum atomic E-state index is 4.76. The van der Waals surface area contributed by atoms with E-state index in [1.54, 1.807) is 6.08 Å². The van der Waals surface area contributed by atoms with Gasteiger partial charge in [0.2, 0.25) is 0 Å². The summed E-state index contributed by atoms with van der Waals surface area (Å²) < 4.78 is 3.07. The molecule has 45 heavy (non-hydrogen) atoms. The van der Waals surface area contributed by atoms with Crippen molar-refractivity contribution < 1.29 is 0 Å². The summed E-state index contributed by atoms with van der Waals surface area (Å²) in [5, 5.41) is 7.36. The smallest absolute Gasteiger partial charge is 0.139 e. The summed E-state index contributed by atoms with van der Waals surface area (Å²) in [6.07, 6.45) is 14.2. The van der Waals surface area contributed by atoms with Crippen LogP contribution in [0.1, 0.15) is 23.7 Å². The van der Waals surface area contributed by atoms with E-state index < -0.39 is 0 Å². The fraction of sp³-hybridized carbons (Fsp3) is 0.0238. The topological polar surface area (TPSA) is 17.3 Å². The summed E-state index contributed by atoms with van der Waals surface area (Å²) >= 11 is 2.28. The normalized spacial score (nSPS) is 12.4. The summed E-state index contributed by atoms with van der Waals surface area (Å²) in [6, 6.07) is 37.0. The number of benzene rings is 5. The molecule has 7 aromatic rings. The van der Waals surface area contributed by atoms with Crippen molar-refractivity contribution in [3.05, 3.63) is 173 Å². The molecule has 0 spiro atoms. The summed E-state index contributed by atoms with van der Waals surface area (Å²) in [5.41, 5.74) is 8.90. The van der Waals surface area contributed by atoms with Crippen LogP contribution in [0.3, 0.4) is 0 Å². The van der Waals surface area contributed by atoms with E-state index in [0.29, 0.717) is 0 Å². The average Bonchev–Trinajstić information content (AvgIpc) is 3.39. The number of allylic oxidation sites excluding steroid dienone is 7. The van der Waals surface area contributed by atoms with Crippen molar-refractivity contribution in [1.82, 2.24) is 9.38 Å². The molecule has 0 saturated heterocycles. The molecule has 5 aromatic carbocycles. The lowest BCUT2D eigenvalue weighted by Gasteiger charge is -2.18. The predicted molar refractivity (Wildman–Crippen MR) is 203 cm³/mol. The Hall–Kier alpha value is -5.00. The minimum absolute atomic E-state index is 0.922. The number of pyridine rings is 1. The molecule has 0 aliphatic heterocycles. The quantitative estimate of drug-likeness (QED) is 0.0925. The van der Waals surface area contributed by atoms with Gasteiger partial charge in [0.1, 0.15) is 9.35 Å². The Morgan fingerprint density at radius 2 is 1.44 bits per heavy atom. The second-order valence-electron chi connectivity index (χ2n) is 11.2. The van der Waals surface area contributed by atoms with Gasteiger partial charge in [0.25, 0.3) is 0 Å². The zero-order valence-corrected chi connectivity index (χ0v) is 27.2. The monoisotopic (exact) mass is 690 g/mol. The first-order valence-corrected chi connectivity index (χ1v) is 16.1. The van der Waals surface area contributed by atoms with Gasteiger partial charge in [-0.05, 0) is 120 Å². The molecule has 2 heterocycles. The van der Waals surface area contributed by atoms with Gasteiger partial charge in [0.05, 0.1) is 5.69 Å². The first-order chi connectivity index (χ1) is 22.0. The summed E-state index contributed by atoms with van der Waals surface area (Å²) in [7, 11) is 0. The van der Waals surface area contributed by atoms with Crippen molar-refractivity contribution in [1.29, 1.82) is 0 Å². The fourth-order valence-corrected chi connectivity index (χ4v) is 6.89. The Morgan fingerprint density at radius 1 is 0.778 bits per heavy atom. The Morgan fingerprint density at radius 3 is 2.16 bits per heavy atom. The molecule has 2 aromatic heterocycles. The number of nitrogens with zero attached hydrogens (tertiary/aromatic N) is 2. The fourth-order valence-electron chi connectivity index (χ4n) is 6.21. The number of hydrogen-bond acceptors (Lipinski definition) is 1. The third-order valence-corrected chi connectivity index (χ3v) is 9.19. The van der Waals surface area contributed by atoms with E-state index in [0.717, 1.165) is 31.8 Å². The standard InChI is InChI=1S/C42H31IN2/c1-4-5-21-38-42(43)44-39-27-31(24-25-45(38)39)28(2)13-12-14-29(3)40-34-17-8-10-19-36(34)41(37-20-11-9-18-35(37)40)33-23-22-30-15-6-7-16-32(30)26-33/h4-27H,1,3H2,2H3/b14-12-,21-5-,28-13+. The molecule has 7 rings (SSSR count). The first kappa shape index (κ1) is 28.8. The van der Waals surface area contributed by atoms with Crippen LogP contribution in [-0.4, -0.2) is 9.38 Å². The molecule has 0 bridgehead atoms. The summed E-state index contributed by atoms with van der Waals surface area (Å²) in [6.45, 7) is 10.5. The molecule has 2 nitrogen and oxygen atoms in total. The van der Waals surface area contributed by atoms with Crippen molar-refractivity contribution in [2.24, 2.45) is 0 Å². The maximum Gasteiger partial charge on any atom is 0.139 e. The van der Waals surface area contributed by atoms with Crippen molar-refractivity contribution in [2.45, 2.75) is 6.92 Å². The molecule has 0 saturated carbocycles. The molecule has 216 valence electrons. The van der Waals surface area contributed by atoms with Crippen LogP contribution in [0.5, 0.6) is 0 Å². The van der Waals surface area contributed by atoms with Crippen LogP contribution in [0.25, 0.3) is 66.3 Å². The van der Waals surface area contributed by atoms with Crippen LogP contribution in [0.15, 0.2) is 153 Å². The van der Waals surface area contributed by atoms with E-state index in [2.05, 4.69) is 175 Å². The molecule has 0 atom stereocenters. The number of rotatable bonds is 7. The van der Waals surface area contributed by atoms with E-state index in [9.17, 15) is 0 Å². The lowest BCUT2D eigenvalue weighted by Crippen LogP contribution is -1.92. The van der Waals surface area contributed by atoms with Gasteiger partial charge >= 0.3 is 0 Å². The highest BCUT2D eigenvalue weighted by molar-refractivity contribution is 14.1. The number of hydrogen-bond donors (Lipinski definition) is 0. The Kier molecular flexibility index (Phi) is 7.78. The van der Waals surface area contributed by atoms with Gasteiger partial charge in [-0.25, -0.2) is 4.98 Å². The summed E-state index contributed by atoms with van der Waals surface area (Å²) in [5.74, 6) is 0. The molecule has 0 unspecified atom stereocenters. The van der Waals surface area contributed by atoms with Gasteiger partial charge in [-0.2, -0.15) is 0 Å². The van der Waals surface area contributed by atoms with E-state index in [1.165, 1.54) is 49.0 Å². The molecular formula is C42H31IN2. The number of halogens is 1. The van der Waals surface area contributed by atoms with Gasteiger partial charge in [0, 0.05) is 6.20 Å². The number of fused-ring (bicyclic) bond motifs is 4. The van der Waals surface area contributed by atoms with Crippen molar-refractivity contribution in [3.8, 4) is 11.1 Å². The molecular weight excluding hydrogens is 659 g/mol. The van der Waals surface area contributed by atoms with Crippen molar-refractivity contribution >= 4 is 77.8 Å². The largest absolute Gasteiger partial charge is 0.299 e. The molecule has 0 radical (unpaired) electrons. The van der Waals surface area contributed by atoms with Crippen LogP contribution < -0.4 is 0 Å². The minimum Gasteiger partial charge on any atom is -0.299 e. The van der Waals surface area contributed by atoms with Gasteiger partial charge in [-0.3, -0.25) is 4.40 Å². The highest BCUT2D eigenvalue weighted by atomic mass is 127. The SMILES string of the molecule is C=C/C=C\c1c(I)nc2cc(/C(C)=C/C=C\C(=C)c3c4ccccc4c(-c4ccc5ccccc5c4)c4ccccc34)ccn12. The van der Waals surface area contributed by atoms with Crippen LogP contribution in [0, 0.1) is 3.70 Å². The van der Waals surface area contributed by atoms with Gasteiger partial charge in [-0.15, -0.1) is 0 Å². The highest BCUT2D eigenvalue weighted by Crippen LogP contribution is 2.42. The maximum absolute atomic E-state index is 4.76.